The molecule has 2 unspecified atom stereocenters. The molecule has 19 heavy (non-hydrogen) atoms. The van der Waals surface area contributed by atoms with Crippen LogP contribution >= 0.6 is 0 Å². The van der Waals surface area contributed by atoms with Crippen molar-refractivity contribution in [3.8, 4) is 11.5 Å². The zero-order chi connectivity index (χ0) is 14.1. The van der Waals surface area contributed by atoms with E-state index >= 15 is 0 Å². The van der Waals surface area contributed by atoms with E-state index in [2.05, 4.69) is 5.32 Å². The number of nitrogens with one attached hydrogen (secondary N) is 1. The SMILES string of the molecule is COc1ccc(OCC(O)CNCCS(C)=O)cc1. The molecule has 0 amide bonds. The van der Waals surface area contributed by atoms with Crippen molar-refractivity contribution in [2.45, 2.75) is 6.10 Å². The Bertz CT molecular complexity index is 383. The van der Waals surface area contributed by atoms with Gasteiger partial charge in [-0.05, 0) is 24.3 Å². The fourth-order valence-electron chi connectivity index (χ4n) is 1.41. The van der Waals surface area contributed by atoms with Gasteiger partial charge in [0.05, 0.1) is 7.11 Å². The van der Waals surface area contributed by atoms with Gasteiger partial charge in [0.25, 0.3) is 0 Å². The van der Waals surface area contributed by atoms with E-state index in [4.69, 9.17) is 9.47 Å². The summed E-state index contributed by atoms with van der Waals surface area (Å²) in [4.78, 5) is 0. The van der Waals surface area contributed by atoms with Gasteiger partial charge in [-0.1, -0.05) is 0 Å². The standard InChI is InChI=1S/C13H21NO4S/c1-17-12-3-5-13(6-4-12)18-10-11(15)9-14-7-8-19(2)16/h3-6,11,14-15H,7-10H2,1-2H3. The zero-order valence-electron chi connectivity index (χ0n) is 11.3. The molecule has 0 aliphatic rings. The van der Waals surface area contributed by atoms with Crippen molar-refractivity contribution in [2.24, 2.45) is 0 Å². The third-order valence-corrected chi connectivity index (χ3v) is 3.23. The van der Waals surface area contributed by atoms with Crippen LogP contribution in [0.1, 0.15) is 0 Å². The van der Waals surface area contributed by atoms with E-state index in [9.17, 15) is 9.32 Å². The Hall–Kier alpha value is -1.11. The monoisotopic (exact) mass is 287 g/mol. The normalized spacial score (nSPS) is 13.8. The Kier molecular flexibility index (Phi) is 7.47. The minimum Gasteiger partial charge on any atom is -0.497 e. The topological polar surface area (TPSA) is 67.8 Å². The van der Waals surface area contributed by atoms with Crippen molar-refractivity contribution in [3.63, 3.8) is 0 Å². The Morgan fingerprint density at radius 3 is 2.53 bits per heavy atom. The summed E-state index contributed by atoms with van der Waals surface area (Å²) in [5.74, 6) is 2.04. The molecule has 0 radical (unpaired) electrons. The van der Waals surface area contributed by atoms with Gasteiger partial charge in [-0.15, -0.1) is 0 Å². The summed E-state index contributed by atoms with van der Waals surface area (Å²) < 4.78 is 21.3. The van der Waals surface area contributed by atoms with E-state index in [1.54, 1.807) is 37.6 Å². The van der Waals surface area contributed by atoms with Crippen LogP contribution in [0.5, 0.6) is 11.5 Å². The van der Waals surface area contributed by atoms with Crippen LogP contribution in [0.25, 0.3) is 0 Å². The van der Waals surface area contributed by atoms with Crippen molar-refractivity contribution in [3.05, 3.63) is 24.3 Å². The quantitative estimate of drug-likeness (QED) is 0.644. The maximum atomic E-state index is 10.8. The average molecular weight is 287 g/mol. The van der Waals surface area contributed by atoms with Gasteiger partial charge in [0.1, 0.15) is 24.2 Å². The van der Waals surface area contributed by atoms with Gasteiger partial charge in [0, 0.05) is 35.9 Å². The predicted molar refractivity (Wildman–Crippen MR) is 76.3 cm³/mol. The van der Waals surface area contributed by atoms with Crippen molar-refractivity contribution >= 4 is 10.8 Å². The number of rotatable bonds is 9. The molecule has 1 aromatic rings. The number of benzene rings is 1. The highest BCUT2D eigenvalue weighted by Gasteiger charge is 2.05. The second-order valence-corrected chi connectivity index (χ2v) is 5.68. The molecule has 6 heteroatoms. The second-order valence-electron chi connectivity index (χ2n) is 4.12. The van der Waals surface area contributed by atoms with Crippen LogP contribution in [0.2, 0.25) is 0 Å². The highest BCUT2D eigenvalue weighted by atomic mass is 32.2. The predicted octanol–water partition coefficient (Wildman–Crippen LogP) is 0.403. The summed E-state index contributed by atoms with van der Waals surface area (Å²) in [6, 6.07) is 7.19. The molecule has 0 aromatic heterocycles. The van der Waals surface area contributed by atoms with Crippen molar-refractivity contribution < 1.29 is 18.8 Å². The molecule has 0 fully saturated rings. The van der Waals surface area contributed by atoms with Crippen molar-refractivity contribution in [1.82, 2.24) is 5.32 Å². The minimum atomic E-state index is -0.804. The lowest BCUT2D eigenvalue weighted by atomic mass is 10.3. The highest BCUT2D eigenvalue weighted by molar-refractivity contribution is 7.84. The van der Waals surface area contributed by atoms with Crippen molar-refractivity contribution in [2.75, 3.05) is 38.8 Å². The van der Waals surface area contributed by atoms with E-state index in [0.717, 1.165) is 5.75 Å². The molecule has 5 nitrogen and oxygen atoms in total. The van der Waals surface area contributed by atoms with Gasteiger partial charge in [0.15, 0.2) is 0 Å². The lowest BCUT2D eigenvalue weighted by Crippen LogP contribution is -2.33. The van der Waals surface area contributed by atoms with Crippen LogP contribution in [-0.4, -0.2) is 54.2 Å². The molecular weight excluding hydrogens is 266 g/mol. The maximum absolute atomic E-state index is 10.8. The third kappa shape index (κ3) is 7.15. The van der Waals surface area contributed by atoms with Gasteiger partial charge in [0.2, 0.25) is 0 Å². The fraction of sp³-hybridized carbons (Fsp3) is 0.538. The number of aliphatic hydroxyl groups excluding tert-OH is 1. The van der Waals surface area contributed by atoms with E-state index in [0.29, 0.717) is 24.6 Å². The summed E-state index contributed by atoms with van der Waals surface area (Å²) in [5, 5.41) is 12.7. The summed E-state index contributed by atoms with van der Waals surface area (Å²) in [7, 11) is 0.802. The number of ether oxygens (including phenoxy) is 2. The lowest BCUT2D eigenvalue weighted by Gasteiger charge is -2.13. The Balaban J connectivity index is 2.18. The van der Waals surface area contributed by atoms with Gasteiger partial charge in [-0.25, -0.2) is 0 Å². The molecule has 2 N–H and O–H groups in total. The number of methoxy groups -OCH3 is 1. The van der Waals surface area contributed by atoms with Crippen LogP contribution < -0.4 is 14.8 Å². The van der Waals surface area contributed by atoms with E-state index in [1.165, 1.54) is 0 Å². The Labute approximate surface area is 116 Å². The Morgan fingerprint density at radius 1 is 1.32 bits per heavy atom. The summed E-state index contributed by atoms with van der Waals surface area (Å²) in [6.07, 6.45) is 1.07. The van der Waals surface area contributed by atoms with E-state index < -0.39 is 16.9 Å². The molecule has 2 atom stereocenters. The first-order valence-corrected chi connectivity index (χ1v) is 7.80. The summed E-state index contributed by atoms with van der Waals surface area (Å²) >= 11 is 0. The molecule has 0 bridgehead atoms. The van der Waals surface area contributed by atoms with Gasteiger partial charge >= 0.3 is 0 Å². The van der Waals surface area contributed by atoms with Crippen LogP contribution in [0.3, 0.4) is 0 Å². The van der Waals surface area contributed by atoms with Gasteiger partial charge in [-0.2, -0.15) is 0 Å². The average Bonchev–Trinajstić information content (AvgIpc) is 2.41. The van der Waals surface area contributed by atoms with Gasteiger partial charge in [-0.3, -0.25) is 4.21 Å². The van der Waals surface area contributed by atoms with E-state index in [-0.39, 0.29) is 6.61 Å². The smallest absolute Gasteiger partial charge is 0.119 e. The molecule has 1 rings (SSSR count). The Morgan fingerprint density at radius 2 is 1.95 bits per heavy atom. The third-order valence-electron chi connectivity index (χ3n) is 2.45. The molecule has 0 spiro atoms. The molecule has 0 heterocycles. The first kappa shape index (κ1) is 15.9. The molecular formula is C13H21NO4S. The molecule has 0 saturated carbocycles. The molecule has 108 valence electrons. The minimum absolute atomic E-state index is 0.217. The zero-order valence-corrected chi connectivity index (χ0v) is 12.1. The first-order valence-electron chi connectivity index (χ1n) is 6.07. The van der Waals surface area contributed by atoms with Crippen LogP contribution in [0, 0.1) is 0 Å². The number of hydrogen-bond acceptors (Lipinski definition) is 5. The maximum Gasteiger partial charge on any atom is 0.119 e. The number of hydrogen-bond donors (Lipinski definition) is 2. The lowest BCUT2D eigenvalue weighted by molar-refractivity contribution is 0.107. The van der Waals surface area contributed by atoms with Crippen LogP contribution in [0.15, 0.2) is 24.3 Å². The molecule has 0 saturated heterocycles. The van der Waals surface area contributed by atoms with Crippen LogP contribution in [-0.2, 0) is 10.8 Å². The second kappa shape index (κ2) is 8.90. The number of aliphatic hydroxyl groups is 1. The summed E-state index contributed by atoms with van der Waals surface area (Å²) in [5.41, 5.74) is 0. The fourth-order valence-corrected chi connectivity index (χ4v) is 1.84. The molecule has 0 aliphatic carbocycles. The summed E-state index contributed by atoms with van der Waals surface area (Å²) in [6.45, 7) is 1.27. The highest BCUT2D eigenvalue weighted by Crippen LogP contribution is 2.16. The molecule has 0 aliphatic heterocycles. The van der Waals surface area contributed by atoms with Gasteiger partial charge < -0.3 is 19.9 Å². The first-order chi connectivity index (χ1) is 9.11. The van der Waals surface area contributed by atoms with E-state index in [1.807, 2.05) is 0 Å². The van der Waals surface area contributed by atoms with Crippen molar-refractivity contribution in [1.29, 1.82) is 0 Å². The largest absolute Gasteiger partial charge is 0.497 e. The molecule has 1 aromatic carbocycles. The van der Waals surface area contributed by atoms with Crippen LogP contribution in [0.4, 0.5) is 0 Å².